The first kappa shape index (κ1) is 8.56. The Morgan fingerprint density at radius 3 is 2.77 bits per heavy atom. The topological polar surface area (TPSA) is 30.7 Å². The number of fused-ring (bicyclic) bond motifs is 1. The molecule has 0 aliphatic rings. The minimum atomic E-state index is 0.979. The number of thioether (sulfide) groups is 1. The molecule has 3 nitrogen and oxygen atoms in total. The lowest BCUT2D eigenvalue weighted by Gasteiger charge is -1.99. The summed E-state index contributed by atoms with van der Waals surface area (Å²) in [5, 5.41) is 1.03. The van der Waals surface area contributed by atoms with E-state index in [1.807, 2.05) is 25.7 Å². The first-order valence-electron chi connectivity index (χ1n) is 4.05. The third-order valence-corrected chi connectivity index (χ3v) is 2.83. The highest BCUT2D eigenvalue weighted by Crippen LogP contribution is 2.22. The molecule has 0 unspecified atom stereocenters. The minimum Gasteiger partial charge on any atom is -0.322 e. The summed E-state index contributed by atoms with van der Waals surface area (Å²) >= 11 is 1.65. The molecule has 13 heavy (non-hydrogen) atoms. The van der Waals surface area contributed by atoms with Crippen molar-refractivity contribution in [3.8, 4) is 0 Å². The Kier molecular flexibility index (Phi) is 2.00. The van der Waals surface area contributed by atoms with Gasteiger partial charge in [-0.15, -0.1) is 0 Å². The second-order valence-electron chi connectivity index (χ2n) is 2.98. The van der Waals surface area contributed by atoms with Crippen LogP contribution in [0.2, 0.25) is 0 Å². The van der Waals surface area contributed by atoms with Gasteiger partial charge in [0, 0.05) is 13.2 Å². The van der Waals surface area contributed by atoms with Crippen LogP contribution in [-0.2, 0) is 7.05 Å². The Labute approximate surface area is 81.2 Å². The van der Waals surface area contributed by atoms with Crippen LogP contribution in [0.3, 0.4) is 0 Å². The van der Waals surface area contributed by atoms with E-state index in [1.165, 1.54) is 11.1 Å². The van der Waals surface area contributed by atoms with E-state index in [9.17, 15) is 0 Å². The van der Waals surface area contributed by atoms with Crippen LogP contribution in [-0.4, -0.2) is 20.8 Å². The van der Waals surface area contributed by atoms with E-state index in [4.69, 9.17) is 0 Å². The van der Waals surface area contributed by atoms with Crippen LogP contribution >= 0.6 is 11.8 Å². The number of rotatable bonds is 1. The summed E-state index contributed by atoms with van der Waals surface area (Å²) in [5.41, 5.74) is 3.33. The predicted octanol–water partition coefficient (Wildman–Crippen LogP) is 2.00. The number of aromatic nitrogens is 3. The number of hydrogen-bond donors (Lipinski definition) is 0. The van der Waals surface area contributed by atoms with Gasteiger partial charge >= 0.3 is 0 Å². The normalized spacial score (nSPS) is 11.0. The largest absolute Gasteiger partial charge is 0.322 e. The maximum absolute atomic E-state index is 4.46. The Balaban J connectivity index is 2.85. The summed E-state index contributed by atoms with van der Waals surface area (Å²) in [6.45, 7) is 2.06. The quantitative estimate of drug-likeness (QED) is 0.649. The summed E-state index contributed by atoms with van der Waals surface area (Å²) < 4.78 is 2.11. The predicted molar refractivity (Wildman–Crippen MR) is 55.0 cm³/mol. The average Bonchev–Trinajstić information content (AvgIpc) is 2.44. The van der Waals surface area contributed by atoms with E-state index >= 15 is 0 Å². The van der Waals surface area contributed by atoms with Gasteiger partial charge < -0.3 is 4.57 Å². The number of pyridine rings is 1. The molecule has 0 aliphatic heterocycles. The molecule has 2 aromatic heterocycles. The molecule has 2 heterocycles. The Morgan fingerprint density at radius 1 is 1.38 bits per heavy atom. The monoisotopic (exact) mass is 193 g/mol. The molecule has 0 bridgehead atoms. The van der Waals surface area contributed by atoms with E-state index in [0.717, 1.165) is 10.7 Å². The smallest absolute Gasteiger partial charge is 0.168 e. The van der Waals surface area contributed by atoms with E-state index in [0.29, 0.717) is 0 Å². The van der Waals surface area contributed by atoms with Gasteiger partial charge in [-0.3, -0.25) is 4.98 Å². The molecule has 0 aliphatic carbocycles. The highest BCUT2D eigenvalue weighted by atomic mass is 32.2. The van der Waals surface area contributed by atoms with Crippen molar-refractivity contribution >= 4 is 22.8 Å². The highest BCUT2D eigenvalue weighted by Gasteiger charge is 2.08. The highest BCUT2D eigenvalue weighted by molar-refractivity contribution is 7.98. The molecular weight excluding hydrogens is 182 g/mol. The first-order chi connectivity index (χ1) is 6.24. The summed E-state index contributed by atoms with van der Waals surface area (Å²) in [4.78, 5) is 8.57. The molecule has 0 spiro atoms. The van der Waals surface area contributed by atoms with Crippen LogP contribution in [0.1, 0.15) is 5.56 Å². The van der Waals surface area contributed by atoms with Crippen molar-refractivity contribution in [2.45, 2.75) is 12.1 Å². The van der Waals surface area contributed by atoms with E-state index < -0.39 is 0 Å². The van der Waals surface area contributed by atoms with Crippen LogP contribution in [0.5, 0.6) is 0 Å². The van der Waals surface area contributed by atoms with Crippen molar-refractivity contribution in [2.75, 3.05) is 6.26 Å². The zero-order chi connectivity index (χ0) is 9.42. The molecule has 4 heteroatoms. The lowest BCUT2D eigenvalue weighted by atomic mass is 10.3. The summed E-state index contributed by atoms with van der Waals surface area (Å²) in [6.07, 6.45) is 5.71. The molecule has 0 amide bonds. The molecule has 0 saturated heterocycles. The molecule has 0 N–H and O–H groups in total. The molecule has 0 fully saturated rings. The van der Waals surface area contributed by atoms with Gasteiger partial charge in [0.25, 0.3) is 0 Å². The van der Waals surface area contributed by atoms with Gasteiger partial charge in [-0.2, -0.15) is 0 Å². The van der Waals surface area contributed by atoms with Crippen molar-refractivity contribution in [3.63, 3.8) is 0 Å². The standard InChI is InChI=1S/C9H11N3S/c1-6-4-10-5-7-8(6)12(2)9(11-7)13-3/h4-5H,1-3H3. The number of nitrogens with zero attached hydrogens (tertiary/aromatic N) is 3. The summed E-state index contributed by atoms with van der Waals surface area (Å²) in [7, 11) is 2.04. The number of hydrogen-bond acceptors (Lipinski definition) is 3. The van der Waals surface area contributed by atoms with Crippen molar-refractivity contribution in [1.82, 2.24) is 14.5 Å². The SMILES string of the molecule is CSc1nc2cncc(C)c2n1C. The van der Waals surface area contributed by atoms with Crippen LogP contribution < -0.4 is 0 Å². The van der Waals surface area contributed by atoms with Crippen LogP contribution in [0.4, 0.5) is 0 Å². The van der Waals surface area contributed by atoms with E-state index in [-0.39, 0.29) is 0 Å². The minimum absolute atomic E-state index is 0.979. The fourth-order valence-electron chi connectivity index (χ4n) is 1.52. The summed E-state index contributed by atoms with van der Waals surface area (Å²) in [5.74, 6) is 0. The average molecular weight is 193 g/mol. The molecule has 68 valence electrons. The number of aryl methyl sites for hydroxylation is 2. The Bertz CT molecular complexity index is 447. The fourth-order valence-corrected chi connectivity index (χ4v) is 2.07. The van der Waals surface area contributed by atoms with Gasteiger partial charge in [0.05, 0.1) is 11.7 Å². The molecule has 2 rings (SSSR count). The maximum atomic E-state index is 4.46. The zero-order valence-electron chi connectivity index (χ0n) is 7.90. The molecule has 0 atom stereocenters. The molecule has 2 aromatic rings. The van der Waals surface area contributed by atoms with Gasteiger partial charge in [-0.05, 0) is 18.7 Å². The first-order valence-corrected chi connectivity index (χ1v) is 5.27. The van der Waals surface area contributed by atoms with Crippen LogP contribution in [0.15, 0.2) is 17.6 Å². The Hall–Kier alpha value is -1.03. The zero-order valence-corrected chi connectivity index (χ0v) is 8.72. The third-order valence-electron chi connectivity index (χ3n) is 2.10. The van der Waals surface area contributed by atoms with Crippen LogP contribution in [0, 0.1) is 6.92 Å². The van der Waals surface area contributed by atoms with E-state index in [2.05, 4.69) is 21.5 Å². The number of imidazole rings is 1. The van der Waals surface area contributed by atoms with Gasteiger partial charge in [-0.1, -0.05) is 11.8 Å². The van der Waals surface area contributed by atoms with Crippen molar-refractivity contribution < 1.29 is 0 Å². The fraction of sp³-hybridized carbons (Fsp3) is 0.333. The Morgan fingerprint density at radius 2 is 2.15 bits per heavy atom. The lowest BCUT2D eigenvalue weighted by molar-refractivity contribution is 0.815. The second kappa shape index (κ2) is 3.03. The third kappa shape index (κ3) is 1.21. The molecular formula is C9H11N3S. The van der Waals surface area contributed by atoms with Crippen molar-refractivity contribution in [1.29, 1.82) is 0 Å². The van der Waals surface area contributed by atoms with Crippen molar-refractivity contribution in [2.24, 2.45) is 7.05 Å². The van der Waals surface area contributed by atoms with Gasteiger partial charge in [0.15, 0.2) is 5.16 Å². The molecule has 0 aromatic carbocycles. The molecule has 0 saturated carbocycles. The van der Waals surface area contributed by atoms with Crippen LogP contribution in [0.25, 0.3) is 11.0 Å². The van der Waals surface area contributed by atoms with Crippen molar-refractivity contribution in [3.05, 3.63) is 18.0 Å². The van der Waals surface area contributed by atoms with E-state index in [1.54, 1.807) is 11.8 Å². The lowest BCUT2D eigenvalue weighted by Crippen LogP contribution is -1.91. The van der Waals surface area contributed by atoms with Gasteiger partial charge in [0.2, 0.25) is 0 Å². The van der Waals surface area contributed by atoms with Gasteiger partial charge in [-0.25, -0.2) is 4.98 Å². The van der Waals surface area contributed by atoms with Gasteiger partial charge in [0.1, 0.15) is 5.52 Å². The molecule has 0 radical (unpaired) electrons. The summed E-state index contributed by atoms with van der Waals surface area (Å²) in [6, 6.07) is 0. The second-order valence-corrected chi connectivity index (χ2v) is 3.76. The maximum Gasteiger partial charge on any atom is 0.168 e.